The molecule has 0 spiro atoms. The molecule has 1 rings (SSSR count). The Bertz CT molecular complexity index is 535. The lowest BCUT2D eigenvalue weighted by atomic mass is 10.2. The predicted molar refractivity (Wildman–Crippen MR) is 70.9 cm³/mol. The van der Waals surface area contributed by atoms with Crippen LogP contribution in [0.1, 0.15) is 5.56 Å². The Balaban J connectivity index is 2.80. The number of alkyl halides is 5. The van der Waals surface area contributed by atoms with E-state index in [4.69, 9.17) is 0 Å². The fourth-order valence-corrected chi connectivity index (χ4v) is 2.21. The third kappa shape index (κ3) is 6.46. The Morgan fingerprint density at radius 3 is 2.50 bits per heavy atom. The molecule has 0 fully saturated rings. The molecule has 0 saturated heterocycles. The number of urea groups is 1. The molecule has 0 aliphatic heterocycles. The number of thioether (sulfide) groups is 1. The van der Waals surface area contributed by atoms with E-state index in [1.54, 1.807) is 5.32 Å². The molecular formula is C12H12F6N2OS. The maximum absolute atomic E-state index is 13.6. The molecule has 0 atom stereocenters. The van der Waals surface area contributed by atoms with Crippen LogP contribution in [0.15, 0.2) is 17.0 Å². The largest absolute Gasteiger partial charge is 0.398 e. The molecule has 1 aromatic rings. The van der Waals surface area contributed by atoms with Crippen LogP contribution in [0.25, 0.3) is 0 Å². The Morgan fingerprint density at radius 2 is 1.95 bits per heavy atom. The monoisotopic (exact) mass is 346 g/mol. The van der Waals surface area contributed by atoms with Gasteiger partial charge in [0.15, 0.2) is 0 Å². The average Bonchev–Trinajstić information content (AvgIpc) is 2.37. The number of hydrogen-bond acceptors (Lipinski definition) is 2. The molecule has 0 bridgehead atoms. The molecule has 10 heteroatoms. The zero-order chi connectivity index (χ0) is 16.9. The Hall–Kier alpha value is -1.58. The van der Waals surface area contributed by atoms with Gasteiger partial charge in [-0.1, -0.05) is 0 Å². The van der Waals surface area contributed by atoms with Gasteiger partial charge in [0.2, 0.25) is 0 Å². The number of nitrogens with one attached hydrogen (secondary N) is 2. The van der Waals surface area contributed by atoms with E-state index in [-0.39, 0.29) is 16.1 Å². The number of anilines is 1. The number of aryl methyl sites for hydroxylation is 1. The summed E-state index contributed by atoms with van der Waals surface area (Å²) >= 11 is 0.439. The molecule has 0 radical (unpaired) electrons. The normalized spacial score (nSPS) is 11.6. The van der Waals surface area contributed by atoms with Crippen molar-refractivity contribution in [2.75, 3.05) is 17.6 Å². The van der Waals surface area contributed by atoms with Crippen molar-refractivity contribution in [2.45, 2.75) is 24.4 Å². The molecule has 0 unspecified atom stereocenters. The topological polar surface area (TPSA) is 41.1 Å². The van der Waals surface area contributed by atoms with Crippen LogP contribution in [-0.4, -0.2) is 30.9 Å². The Kier molecular flexibility index (Phi) is 6.39. The van der Waals surface area contributed by atoms with Crippen LogP contribution in [0.3, 0.4) is 0 Å². The lowest BCUT2D eigenvalue weighted by Crippen LogP contribution is -2.32. The summed E-state index contributed by atoms with van der Waals surface area (Å²) in [4.78, 5) is 11.4. The molecule has 3 nitrogen and oxygen atoms in total. The molecule has 22 heavy (non-hydrogen) atoms. The standard InChI is InChI=1S/C12H12F6N2OS/c1-6-2-7(13)8(20-11(21)19-4-10(14)15)3-9(6)22-5-12(16,17)18/h2-3,10H,4-5H2,1H3,(H2,19,20,21). The van der Waals surface area contributed by atoms with Gasteiger partial charge in [0.05, 0.1) is 18.0 Å². The van der Waals surface area contributed by atoms with Gasteiger partial charge in [0.1, 0.15) is 5.82 Å². The van der Waals surface area contributed by atoms with Crippen molar-refractivity contribution in [3.05, 3.63) is 23.5 Å². The van der Waals surface area contributed by atoms with Crippen LogP contribution in [0, 0.1) is 12.7 Å². The van der Waals surface area contributed by atoms with E-state index in [0.29, 0.717) is 11.8 Å². The summed E-state index contributed by atoms with van der Waals surface area (Å²) in [7, 11) is 0. The molecule has 2 N–H and O–H groups in total. The summed E-state index contributed by atoms with van der Waals surface area (Å²) in [6.45, 7) is 0.497. The lowest BCUT2D eigenvalue weighted by Gasteiger charge is -2.13. The Morgan fingerprint density at radius 1 is 1.32 bits per heavy atom. The van der Waals surface area contributed by atoms with Crippen molar-refractivity contribution >= 4 is 23.5 Å². The molecule has 0 aliphatic carbocycles. The highest BCUT2D eigenvalue weighted by atomic mass is 32.2. The van der Waals surface area contributed by atoms with Crippen LogP contribution < -0.4 is 10.6 Å². The molecule has 0 heterocycles. The maximum Gasteiger partial charge on any atom is 0.398 e. The first-order chi connectivity index (χ1) is 10.1. The summed E-state index contributed by atoms with van der Waals surface area (Å²) in [5.41, 5.74) is -0.118. The van der Waals surface area contributed by atoms with Gasteiger partial charge in [-0.15, -0.1) is 11.8 Å². The third-order valence-corrected chi connectivity index (χ3v) is 3.54. The van der Waals surface area contributed by atoms with Crippen molar-refractivity contribution < 1.29 is 31.1 Å². The van der Waals surface area contributed by atoms with Gasteiger partial charge in [0.25, 0.3) is 6.43 Å². The molecular weight excluding hydrogens is 334 g/mol. The number of hydrogen-bond donors (Lipinski definition) is 2. The molecule has 2 amide bonds. The number of halogens is 6. The van der Waals surface area contributed by atoms with Gasteiger partial charge < -0.3 is 10.6 Å². The van der Waals surface area contributed by atoms with Crippen molar-refractivity contribution in [1.82, 2.24) is 5.32 Å². The van der Waals surface area contributed by atoms with E-state index in [2.05, 4.69) is 0 Å². The average molecular weight is 346 g/mol. The number of benzene rings is 1. The van der Waals surface area contributed by atoms with Crippen LogP contribution in [0.5, 0.6) is 0 Å². The van der Waals surface area contributed by atoms with E-state index >= 15 is 0 Å². The van der Waals surface area contributed by atoms with E-state index in [9.17, 15) is 31.1 Å². The molecule has 0 aliphatic rings. The fourth-order valence-electron chi connectivity index (χ4n) is 1.40. The van der Waals surface area contributed by atoms with Gasteiger partial charge in [-0.25, -0.2) is 18.0 Å². The van der Waals surface area contributed by atoms with Crippen molar-refractivity contribution in [3.63, 3.8) is 0 Å². The smallest absolute Gasteiger partial charge is 0.332 e. The summed E-state index contributed by atoms with van der Waals surface area (Å²) in [5.74, 6) is -2.04. The molecule has 0 aromatic heterocycles. The minimum atomic E-state index is -4.40. The van der Waals surface area contributed by atoms with Gasteiger partial charge >= 0.3 is 12.2 Å². The quantitative estimate of drug-likeness (QED) is 0.620. The predicted octanol–water partition coefficient (Wildman–Crippen LogP) is 4.18. The highest BCUT2D eigenvalue weighted by molar-refractivity contribution is 7.99. The summed E-state index contributed by atoms with van der Waals surface area (Å²) in [6, 6.07) is 0.916. The Labute approximate surface area is 126 Å². The van der Waals surface area contributed by atoms with Crippen LogP contribution >= 0.6 is 11.8 Å². The van der Waals surface area contributed by atoms with Crippen molar-refractivity contribution in [2.24, 2.45) is 0 Å². The highest BCUT2D eigenvalue weighted by Crippen LogP contribution is 2.32. The first-order valence-corrected chi connectivity index (χ1v) is 6.89. The maximum atomic E-state index is 13.6. The van der Waals surface area contributed by atoms with Crippen LogP contribution in [0.2, 0.25) is 0 Å². The second-order valence-electron chi connectivity index (χ2n) is 4.23. The SMILES string of the molecule is Cc1cc(F)c(NC(=O)NCC(F)F)cc1SCC(F)(F)F. The van der Waals surface area contributed by atoms with Gasteiger partial charge in [-0.3, -0.25) is 0 Å². The summed E-state index contributed by atoms with van der Waals surface area (Å²) in [6.07, 6.45) is -7.17. The van der Waals surface area contributed by atoms with Crippen LogP contribution in [0.4, 0.5) is 36.8 Å². The van der Waals surface area contributed by atoms with Crippen molar-refractivity contribution in [3.8, 4) is 0 Å². The molecule has 1 aromatic carbocycles. The van der Waals surface area contributed by atoms with Gasteiger partial charge in [0, 0.05) is 4.90 Å². The first-order valence-electron chi connectivity index (χ1n) is 5.91. The lowest BCUT2D eigenvalue weighted by molar-refractivity contribution is -0.105. The molecule has 0 saturated carbocycles. The third-order valence-electron chi connectivity index (χ3n) is 2.32. The highest BCUT2D eigenvalue weighted by Gasteiger charge is 2.27. The zero-order valence-electron chi connectivity index (χ0n) is 11.2. The number of amides is 2. The number of carbonyl (C=O) groups excluding carboxylic acids is 1. The zero-order valence-corrected chi connectivity index (χ0v) is 12.0. The minimum Gasteiger partial charge on any atom is -0.332 e. The first kappa shape index (κ1) is 18.5. The summed E-state index contributed by atoms with van der Waals surface area (Å²) < 4.78 is 74.1. The summed E-state index contributed by atoms with van der Waals surface area (Å²) in [5, 5.41) is 3.77. The van der Waals surface area contributed by atoms with Crippen molar-refractivity contribution in [1.29, 1.82) is 0 Å². The second-order valence-corrected chi connectivity index (χ2v) is 5.24. The van der Waals surface area contributed by atoms with Gasteiger partial charge in [-0.05, 0) is 24.6 Å². The number of carbonyl (C=O) groups is 1. The van der Waals surface area contributed by atoms with E-state index < -0.39 is 36.7 Å². The van der Waals surface area contributed by atoms with Crippen LogP contribution in [-0.2, 0) is 0 Å². The fraction of sp³-hybridized carbons (Fsp3) is 0.417. The number of rotatable bonds is 5. The minimum absolute atomic E-state index is 0.128. The van der Waals surface area contributed by atoms with E-state index in [0.717, 1.165) is 12.1 Å². The van der Waals surface area contributed by atoms with E-state index in [1.165, 1.54) is 6.92 Å². The second kappa shape index (κ2) is 7.61. The van der Waals surface area contributed by atoms with E-state index in [1.807, 2.05) is 5.32 Å². The molecule has 124 valence electrons. The van der Waals surface area contributed by atoms with Gasteiger partial charge in [-0.2, -0.15) is 13.2 Å².